The Hall–Kier alpha value is -1.16. The van der Waals surface area contributed by atoms with Gasteiger partial charge in [-0.05, 0) is 39.8 Å². The van der Waals surface area contributed by atoms with Crippen LogP contribution in [0.4, 0.5) is 5.69 Å². The molecule has 0 unspecified atom stereocenters. The fourth-order valence-corrected chi connectivity index (χ4v) is 1.63. The van der Waals surface area contributed by atoms with Crippen LogP contribution in [0.15, 0.2) is 24.3 Å². The molecule has 0 fully saturated rings. The Morgan fingerprint density at radius 3 is 2.17 bits per heavy atom. The molecule has 0 aromatic heterocycles. The van der Waals surface area contributed by atoms with Crippen LogP contribution >= 0.6 is 12.6 Å². The lowest BCUT2D eigenvalue weighted by molar-refractivity contribution is -0.127. The number of aromatic hydroxyl groups is 1. The van der Waals surface area contributed by atoms with Gasteiger partial charge in [0.2, 0.25) is 5.91 Å². The molecule has 1 amide bonds. The Kier molecular flexibility index (Phi) is 4.01. The molecule has 1 aromatic rings. The number of phenols is 1. The van der Waals surface area contributed by atoms with Gasteiger partial charge >= 0.3 is 0 Å². The first kappa shape index (κ1) is 14.9. The van der Waals surface area contributed by atoms with Crippen LogP contribution in [0.3, 0.4) is 0 Å². The van der Waals surface area contributed by atoms with Crippen LogP contribution in [0.1, 0.15) is 27.7 Å². The van der Waals surface area contributed by atoms with Crippen molar-refractivity contribution in [1.82, 2.24) is 0 Å². The normalized spacial score (nSPS) is 12.3. The summed E-state index contributed by atoms with van der Waals surface area (Å²) in [6.07, 6.45) is 0. The number of amides is 1. The van der Waals surface area contributed by atoms with E-state index in [1.165, 1.54) is 4.90 Å². The van der Waals surface area contributed by atoms with Gasteiger partial charge in [-0.15, -0.1) is 0 Å². The summed E-state index contributed by atoms with van der Waals surface area (Å²) < 4.78 is -0.456. The van der Waals surface area contributed by atoms with Crippen molar-refractivity contribution in [2.45, 2.75) is 32.4 Å². The van der Waals surface area contributed by atoms with E-state index in [9.17, 15) is 9.90 Å². The molecule has 0 heterocycles. The summed E-state index contributed by atoms with van der Waals surface area (Å²) >= 11 is 4.50. The minimum atomic E-state index is -0.646. The third-order valence-electron chi connectivity index (χ3n) is 3.61. The van der Waals surface area contributed by atoms with Crippen molar-refractivity contribution in [2.75, 3.05) is 11.9 Å². The molecule has 3 nitrogen and oxygen atoms in total. The summed E-state index contributed by atoms with van der Waals surface area (Å²) in [7, 11) is 1.67. The monoisotopic (exact) mass is 267 g/mol. The van der Waals surface area contributed by atoms with E-state index in [-0.39, 0.29) is 11.7 Å². The molecular weight excluding hydrogens is 246 g/mol. The molecule has 0 bridgehead atoms. The summed E-state index contributed by atoms with van der Waals surface area (Å²) in [5.74, 6) is 0.0186. The van der Waals surface area contributed by atoms with Gasteiger partial charge in [0.15, 0.2) is 0 Å². The van der Waals surface area contributed by atoms with E-state index in [0.29, 0.717) is 5.69 Å². The zero-order valence-electron chi connectivity index (χ0n) is 11.6. The van der Waals surface area contributed by atoms with Crippen molar-refractivity contribution in [3.05, 3.63) is 24.3 Å². The molecule has 0 aliphatic rings. The van der Waals surface area contributed by atoms with Crippen molar-refractivity contribution < 1.29 is 9.90 Å². The smallest absolute Gasteiger partial charge is 0.233 e. The second-order valence-corrected chi connectivity index (χ2v) is 6.65. The summed E-state index contributed by atoms with van der Waals surface area (Å²) in [4.78, 5) is 14.0. The molecule has 0 spiro atoms. The molecular formula is C14H21NO2S. The summed E-state index contributed by atoms with van der Waals surface area (Å²) in [6.45, 7) is 7.54. The molecule has 100 valence electrons. The molecule has 0 atom stereocenters. The number of anilines is 1. The molecule has 1 N–H and O–H groups in total. The minimum absolute atomic E-state index is 0.0796. The fraction of sp³-hybridized carbons (Fsp3) is 0.500. The first-order valence-electron chi connectivity index (χ1n) is 5.87. The zero-order valence-corrected chi connectivity index (χ0v) is 12.5. The van der Waals surface area contributed by atoms with E-state index < -0.39 is 10.2 Å². The van der Waals surface area contributed by atoms with E-state index in [4.69, 9.17) is 0 Å². The number of para-hydroxylation sites is 2. The molecule has 1 aromatic carbocycles. The van der Waals surface area contributed by atoms with Gasteiger partial charge in [-0.3, -0.25) is 4.79 Å². The minimum Gasteiger partial charge on any atom is -0.506 e. The van der Waals surface area contributed by atoms with Gasteiger partial charge in [0.1, 0.15) is 5.75 Å². The number of hydrogen-bond acceptors (Lipinski definition) is 3. The number of phenolic OH excluding ortho intramolecular Hbond substituents is 1. The van der Waals surface area contributed by atoms with Crippen LogP contribution < -0.4 is 4.90 Å². The number of rotatable bonds is 3. The van der Waals surface area contributed by atoms with E-state index in [1.54, 1.807) is 31.3 Å². The van der Waals surface area contributed by atoms with Crippen LogP contribution in [-0.2, 0) is 4.79 Å². The number of carbonyl (C=O) groups excluding carboxylic acids is 1. The lowest BCUT2D eigenvalue weighted by Gasteiger charge is -2.39. The van der Waals surface area contributed by atoms with Crippen molar-refractivity contribution >= 4 is 24.2 Å². The van der Waals surface area contributed by atoms with Crippen LogP contribution in [-0.4, -0.2) is 22.8 Å². The standard InChI is InChI=1S/C14H21NO2S/c1-13(2,14(3,4)18)12(17)15(5)10-8-6-7-9-11(10)16/h6-9,16,18H,1-5H3. The summed E-state index contributed by atoms with van der Waals surface area (Å²) in [5, 5.41) is 9.79. The van der Waals surface area contributed by atoms with Crippen LogP contribution in [0.25, 0.3) is 0 Å². The number of benzene rings is 1. The van der Waals surface area contributed by atoms with Crippen molar-refractivity contribution in [3.63, 3.8) is 0 Å². The van der Waals surface area contributed by atoms with Gasteiger partial charge < -0.3 is 10.0 Å². The SMILES string of the molecule is CN(C(=O)C(C)(C)C(C)(C)S)c1ccccc1O. The Morgan fingerprint density at radius 1 is 1.22 bits per heavy atom. The van der Waals surface area contributed by atoms with E-state index >= 15 is 0 Å². The predicted molar refractivity (Wildman–Crippen MR) is 78.4 cm³/mol. The maximum absolute atomic E-state index is 12.5. The molecule has 18 heavy (non-hydrogen) atoms. The van der Waals surface area contributed by atoms with Gasteiger partial charge in [0.05, 0.1) is 11.1 Å². The van der Waals surface area contributed by atoms with Crippen LogP contribution in [0.2, 0.25) is 0 Å². The molecule has 0 aliphatic carbocycles. The molecule has 0 radical (unpaired) electrons. The maximum atomic E-state index is 12.5. The third-order valence-corrected chi connectivity index (χ3v) is 4.17. The van der Waals surface area contributed by atoms with Gasteiger partial charge in [0.25, 0.3) is 0 Å². The quantitative estimate of drug-likeness (QED) is 0.826. The topological polar surface area (TPSA) is 40.5 Å². The van der Waals surface area contributed by atoms with Crippen molar-refractivity contribution in [1.29, 1.82) is 0 Å². The van der Waals surface area contributed by atoms with E-state index in [1.807, 2.05) is 27.7 Å². The third kappa shape index (κ3) is 2.64. The molecule has 1 rings (SSSR count). The lowest BCUT2D eigenvalue weighted by atomic mass is 9.79. The Bertz CT molecular complexity index is 449. The van der Waals surface area contributed by atoms with Gasteiger partial charge in [0, 0.05) is 11.8 Å². The largest absolute Gasteiger partial charge is 0.506 e. The highest BCUT2D eigenvalue weighted by Crippen LogP contribution is 2.39. The highest BCUT2D eigenvalue weighted by molar-refractivity contribution is 7.81. The fourth-order valence-electron chi connectivity index (χ4n) is 1.54. The second-order valence-electron chi connectivity index (χ2n) is 5.54. The number of carbonyl (C=O) groups is 1. The lowest BCUT2D eigenvalue weighted by Crippen LogP contribution is -2.48. The van der Waals surface area contributed by atoms with Crippen LogP contribution in [0, 0.1) is 5.41 Å². The van der Waals surface area contributed by atoms with Gasteiger partial charge in [-0.1, -0.05) is 12.1 Å². The number of nitrogens with zero attached hydrogens (tertiary/aromatic N) is 1. The van der Waals surface area contributed by atoms with Crippen LogP contribution in [0.5, 0.6) is 5.75 Å². The maximum Gasteiger partial charge on any atom is 0.233 e. The average Bonchev–Trinajstić information content (AvgIpc) is 2.26. The first-order chi connectivity index (χ1) is 8.09. The Morgan fingerprint density at radius 2 is 1.72 bits per heavy atom. The van der Waals surface area contributed by atoms with Gasteiger partial charge in [-0.2, -0.15) is 12.6 Å². The van der Waals surface area contributed by atoms with Crippen molar-refractivity contribution in [2.24, 2.45) is 5.41 Å². The number of thiol groups is 1. The van der Waals surface area contributed by atoms with Crippen molar-refractivity contribution in [3.8, 4) is 5.75 Å². The Labute approximate surface area is 114 Å². The van der Waals surface area contributed by atoms with Gasteiger partial charge in [-0.25, -0.2) is 0 Å². The highest BCUT2D eigenvalue weighted by Gasteiger charge is 2.42. The molecule has 0 aliphatic heterocycles. The summed E-state index contributed by atoms with van der Waals surface area (Å²) in [6, 6.07) is 6.80. The highest BCUT2D eigenvalue weighted by atomic mass is 32.1. The molecule has 4 heteroatoms. The predicted octanol–water partition coefficient (Wildman–Crippen LogP) is 3.09. The number of hydrogen-bond donors (Lipinski definition) is 2. The Balaban J connectivity index is 3.10. The van der Waals surface area contributed by atoms with E-state index in [2.05, 4.69) is 12.6 Å². The zero-order chi connectivity index (χ0) is 14.1. The first-order valence-corrected chi connectivity index (χ1v) is 6.32. The second kappa shape index (κ2) is 4.84. The summed E-state index contributed by atoms with van der Waals surface area (Å²) in [5.41, 5.74) is -0.138. The molecule has 0 saturated carbocycles. The van der Waals surface area contributed by atoms with E-state index in [0.717, 1.165) is 0 Å². The molecule has 0 saturated heterocycles. The average molecular weight is 267 g/mol.